The lowest BCUT2D eigenvalue weighted by molar-refractivity contribution is -0.139. The number of carbonyl (C=O) groups is 2. The molecule has 0 amide bonds. The van der Waals surface area contributed by atoms with E-state index in [9.17, 15) is 9.59 Å². The molecule has 18 heavy (non-hydrogen) atoms. The smallest absolute Gasteiger partial charge is 0.341 e. The molecule has 0 radical (unpaired) electrons. The molecule has 0 unspecified atom stereocenters. The Morgan fingerprint density at radius 3 is 2.56 bits per heavy atom. The van der Waals surface area contributed by atoms with E-state index in [1.165, 1.54) is 6.07 Å². The van der Waals surface area contributed by atoms with Gasteiger partial charge in [0.05, 0.1) is 5.02 Å². The minimum Gasteiger partial charge on any atom is -0.482 e. The van der Waals surface area contributed by atoms with E-state index in [-0.39, 0.29) is 16.7 Å². The molecule has 4 nitrogen and oxygen atoms in total. The zero-order valence-electron chi connectivity index (χ0n) is 10.3. The van der Waals surface area contributed by atoms with Crippen LogP contribution >= 0.6 is 11.6 Å². The van der Waals surface area contributed by atoms with E-state index in [1.54, 1.807) is 12.1 Å². The molecule has 1 N–H and O–H groups in total. The Kier molecular flexibility index (Phi) is 5.16. The second-order valence-corrected chi connectivity index (χ2v) is 4.75. The summed E-state index contributed by atoms with van der Waals surface area (Å²) in [6.07, 6.45) is 0.426. The van der Waals surface area contributed by atoms with Crippen LogP contribution in [0.4, 0.5) is 0 Å². The summed E-state index contributed by atoms with van der Waals surface area (Å²) in [6.45, 7) is 3.47. The number of carboxylic acids is 1. The predicted octanol–water partition coefficient (Wildman–Crippen LogP) is 3.03. The van der Waals surface area contributed by atoms with Crippen molar-refractivity contribution >= 4 is 23.4 Å². The Balaban J connectivity index is 2.79. The highest BCUT2D eigenvalue weighted by Gasteiger charge is 2.13. The van der Waals surface area contributed by atoms with Crippen LogP contribution in [0.1, 0.15) is 30.6 Å². The Bertz CT molecular complexity index is 454. The summed E-state index contributed by atoms with van der Waals surface area (Å²) in [5.41, 5.74) is 0.438. The van der Waals surface area contributed by atoms with Crippen LogP contribution in [0.15, 0.2) is 18.2 Å². The summed E-state index contributed by atoms with van der Waals surface area (Å²) in [4.78, 5) is 22.2. The third-order valence-electron chi connectivity index (χ3n) is 2.20. The second-order valence-electron chi connectivity index (χ2n) is 4.35. The predicted molar refractivity (Wildman–Crippen MR) is 68.4 cm³/mol. The highest BCUT2D eigenvalue weighted by Crippen LogP contribution is 2.24. The lowest BCUT2D eigenvalue weighted by Gasteiger charge is -2.08. The van der Waals surface area contributed by atoms with Crippen molar-refractivity contribution in [2.24, 2.45) is 5.92 Å². The molecule has 0 atom stereocenters. The van der Waals surface area contributed by atoms with Crippen LogP contribution in [0, 0.1) is 5.92 Å². The van der Waals surface area contributed by atoms with Crippen molar-refractivity contribution in [2.75, 3.05) is 6.61 Å². The number of aliphatic carboxylic acids is 1. The maximum Gasteiger partial charge on any atom is 0.341 e. The summed E-state index contributed by atoms with van der Waals surface area (Å²) in [6, 6.07) is 4.56. The van der Waals surface area contributed by atoms with Crippen LogP contribution in [-0.4, -0.2) is 23.5 Å². The van der Waals surface area contributed by atoms with Gasteiger partial charge in [0.2, 0.25) is 0 Å². The number of Topliss-reactive ketones (excluding diaryl/α,β-unsaturated/α-hetero) is 1. The molecule has 98 valence electrons. The maximum atomic E-state index is 11.8. The highest BCUT2D eigenvalue weighted by atomic mass is 35.5. The molecule has 0 bridgehead atoms. The quantitative estimate of drug-likeness (QED) is 0.807. The molecule has 0 saturated carbocycles. The average Bonchev–Trinajstić information content (AvgIpc) is 2.25. The Morgan fingerprint density at radius 2 is 2.06 bits per heavy atom. The van der Waals surface area contributed by atoms with Gasteiger partial charge in [0.1, 0.15) is 5.75 Å². The van der Waals surface area contributed by atoms with Crippen LogP contribution in [0.3, 0.4) is 0 Å². The van der Waals surface area contributed by atoms with Crippen LogP contribution in [0.5, 0.6) is 5.75 Å². The van der Waals surface area contributed by atoms with Crippen molar-refractivity contribution in [1.82, 2.24) is 0 Å². The first kappa shape index (κ1) is 14.5. The molecule has 5 heteroatoms. The first-order valence-corrected chi connectivity index (χ1v) is 5.95. The number of carboxylic acid groups (broad SMARTS) is 1. The largest absolute Gasteiger partial charge is 0.482 e. The fourth-order valence-electron chi connectivity index (χ4n) is 1.44. The van der Waals surface area contributed by atoms with Gasteiger partial charge in [-0.15, -0.1) is 0 Å². The summed E-state index contributed by atoms with van der Waals surface area (Å²) >= 11 is 5.97. The highest BCUT2D eigenvalue weighted by molar-refractivity contribution is 6.34. The topological polar surface area (TPSA) is 63.6 Å². The molecule has 1 aromatic carbocycles. The van der Waals surface area contributed by atoms with E-state index in [0.717, 1.165) is 0 Å². The van der Waals surface area contributed by atoms with Gasteiger partial charge in [-0.3, -0.25) is 4.79 Å². The average molecular weight is 271 g/mol. The fourth-order valence-corrected chi connectivity index (χ4v) is 1.71. The van der Waals surface area contributed by atoms with Crippen LogP contribution in [0.2, 0.25) is 5.02 Å². The SMILES string of the molecule is CC(C)CC(=O)c1ccc(OCC(=O)O)cc1Cl. The van der Waals surface area contributed by atoms with E-state index in [0.29, 0.717) is 17.7 Å². The number of rotatable bonds is 6. The molecule has 0 aliphatic carbocycles. The molecule has 1 aromatic rings. The maximum absolute atomic E-state index is 11.8. The van der Waals surface area contributed by atoms with Gasteiger partial charge in [-0.2, -0.15) is 0 Å². The van der Waals surface area contributed by atoms with E-state index < -0.39 is 12.6 Å². The standard InChI is InChI=1S/C13H15ClO4/c1-8(2)5-12(15)10-4-3-9(6-11(10)14)18-7-13(16)17/h3-4,6,8H,5,7H2,1-2H3,(H,16,17). The zero-order chi connectivity index (χ0) is 13.7. The zero-order valence-corrected chi connectivity index (χ0v) is 11.0. The van der Waals surface area contributed by atoms with Gasteiger partial charge in [-0.05, 0) is 24.1 Å². The van der Waals surface area contributed by atoms with Gasteiger partial charge in [-0.25, -0.2) is 4.79 Å². The van der Waals surface area contributed by atoms with Crippen molar-refractivity contribution in [3.8, 4) is 5.75 Å². The number of benzene rings is 1. The molecule has 0 aliphatic heterocycles. The van der Waals surface area contributed by atoms with E-state index in [4.69, 9.17) is 21.4 Å². The van der Waals surface area contributed by atoms with Crippen molar-refractivity contribution in [3.05, 3.63) is 28.8 Å². The van der Waals surface area contributed by atoms with E-state index >= 15 is 0 Å². The summed E-state index contributed by atoms with van der Waals surface area (Å²) in [7, 11) is 0. The third-order valence-corrected chi connectivity index (χ3v) is 2.51. The monoisotopic (exact) mass is 270 g/mol. The van der Waals surface area contributed by atoms with Gasteiger partial charge >= 0.3 is 5.97 Å². The number of hydrogen-bond donors (Lipinski definition) is 1. The second kappa shape index (κ2) is 6.40. The van der Waals surface area contributed by atoms with Crippen molar-refractivity contribution in [3.63, 3.8) is 0 Å². The number of halogens is 1. The Hall–Kier alpha value is -1.55. The molecular weight excluding hydrogens is 256 g/mol. The van der Waals surface area contributed by atoms with E-state index in [1.807, 2.05) is 13.8 Å². The third kappa shape index (κ3) is 4.37. The minimum atomic E-state index is -1.06. The van der Waals surface area contributed by atoms with Crippen LogP contribution in [0.25, 0.3) is 0 Å². The normalized spacial score (nSPS) is 10.4. The molecule has 0 fully saturated rings. The summed E-state index contributed by atoms with van der Waals surface area (Å²) in [5.74, 6) is -0.495. The van der Waals surface area contributed by atoms with Gasteiger partial charge in [-0.1, -0.05) is 25.4 Å². The first-order valence-electron chi connectivity index (χ1n) is 5.57. The number of ketones is 1. The fraction of sp³-hybridized carbons (Fsp3) is 0.385. The van der Waals surface area contributed by atoms with Gasteiger partial charge in [0.25, 0.3) is 0 Å². The van der Waals surface area contributed by atoms with Crippen LogP contribution in [-0.2, 0) is 4.79 Å². The molecule has 0 aromatic heterocycles. The molecule has 0 aliphatic rings. The number of ether oxygens (including phenoxy) is 1. The molecule has 0 heterocycles. The lowest BCUT2D eigenvalue weighted by atomic mass is 10.0. The van der Waals surface area contributed by atoms with E-state index in [2.05, 4.69) is 0 Å². The molecule has 1 rings (SSSR count). The van der Waals surface area contributed by atoms with Gasteiger partial charge in [0.15, 0.2) is 12.4 Å². The Morgan fingerprint density at radius 1 is 1.39 bits per heavy atom. The van der Waals surface area contributed by atoms with Gasteiger partial charge in [0, 0.05) is 12.0 Å². The molecule has 0 spiro atoms. The summed E-state index contributed by atoms with van der Waals surface area (Å²) < 4.78 is 4.97. The summed E-state index contributed by atoms with van der Waals surface area (Å²) in [5, 5.41) is 8.75. The Labute approximate surface area is 111 Å². The minimum absolute atomic E-state index is 0.0280. The first-order chi connectivity index (χ1) is 8.40. The lowest BCUT2D eigenvalue weighted by Crippen LogP contribution is -2.10. The van der Waals surface area contributed by atoms with Crippen molar-refractivity contribution in [2.45, 2.75) is 20.3 Å². The van der Waals surface area contributed by atoms with Crippen LogP contribution < -0.4 is 4.74 Å². The number of carbonyl (C=O) groups excluding carboxylic acids is 1. The van der Waals surface area contributed by atoms with Gasteiger partial charge < -0.3 is 9.84 Å². The molecular formula is C13H15ClO4. The van der Waals surface area contributed by atoms with Crippen molar-refractivity contribution in [1.29, 1.82) is 0 Å². The van der Waals surface area contributed by atoms with Crippen molar-refractivity contribution < 1.29 is 19.4 Å². The molecule has 0 saturated heterocycles. The number of hydrogen-bond acceptors (Lipinski definition) is 3.